The van der Waals surface area contributed by atoms with Gasteiger partial charge in [-0.1, -0.05) is 29.5 Å². The molecule has 0 unspecified atom stereocenters. The summed E-state index contributed by atoms with van der Waals surface area (Å²) in [5.74, 6) is -0.180. The van der Waals surface area contributed by atoms with Crippen molar-refractivity contribution in [2.24, 2.45) is 0 Å². The molecule has 1 aliphatic heterocycles. The Balaban J connectivity index is 1.34. The smallest absolute Gasteiger partial charge is 0.274 e. The number of carbonyl (C=O) groups excluding carboxylic acids is 1. The van der Waals surface area contributed by atoms with Gasteiger partial charge in [0, 0.05) is 25.5 Å². The van der Waals surface area contributed by atoms with Crippen LogP contribution in [0.4, 0.5) is 0 Å². The largest absolute Gasteiger partial charge is 0.347 e. The van der Waals surface area contributed by atoms with Gasteiger partial charge >= 0.3 is 0 Å². The molecule has 146 valence electrons. The Kier molecular flexibility index (Phi) is 5.48. The third-order valence-electron chi connectivity index (χ3n) is 5.20. The van der Waals surface area contributed by atoms with Crippen molar-refractivity contribution in [2.45, 2.75) is 38.9 Å². The van der Waals surface area contributed by atoms with Crippen LogP contribution in [-0.4, -0.2) is 43.5 Å². The Morgan fingerprint density at radius 2 is 1.96 bits per heavy atom. The van der Waals surface area contributed by atoms with Crippen LogP contribution in [0.3, 0.4) is 0 Å². The lowest BCUT2D eigenvalue weighted by atomic mass is 10.1. The van der Waals surface area contributed by atoms with Gasteiger partial charge in [-0.15, -0.1) is 5.10 Å². The number of benzene rings is 1. The second kappa shape index (κ2) is 8.35. The van der Waals surface area contributed by atoms with Gasteiger partial charge in [-0.3, -0.25) is 4.79 Å². The Morgan fingerprint density at radius 1 is 1.21 bits per heavy atom. The van der Waals surface area contributed by atoms with Gasteiger partial charge in [0.05, 0.1) is 18.1 Å². The van der Waals surface area contributed by atoms with Crippen molar-refractivity contribution in [2.75, 3.05) is 13.1 Å². The van der Waals surface area contributed by atoms with Crippen molar-refractivity contribution in [3.63, 3.8) is 0 Å². The number of imidazole rings is 1. The van der Waals surface area contributed by atoms with E-state index in [0.29, 0.717) is 18.3 Å². The molecule has 1 aliphatic rings. The molecule has 0 bridgehead atoms. The highest BCUT2D eigenvalue weighted by Gasteiger charge is 2.22. The van der Waals surface area contributed by atoms with Crippen LogP contribution in [0, 0.1) is 6.92 Å². The first-order valence-electron chi connectivity index (χ1n) is 9.65. The fourth-order valence-electron chi connectivity index (χ4n) is 3.57. The lowest BCUT2D eigenvalue weighted by Gasteiger charge is -2.23. The standard InChI is InChI=1S/C20H25N7O/c1-15-19(24-25-27(15)18-6-8-21-9-7-18)20(28)23-12-16-2-4-17(5-3-16)13-26-11-10-22-14-26/h2-5,10-11,14,18,21H,6-9,12-13H2,1H3,(H,23,28). The van der Waals surface area contributed by atoms with Crippen molar-refractivity contribution in [1.29, 1.82) is 0 Å². The molecule has 0 saturated carbocycles. The lowest BCUT2D eigenvalue weighted by Crippen LogP contribution is -2.30. The van der Waals surface area contributed by atoms with Gasteiger partial charge in [-0.2, -0.15) is 0 Å². The SMILES string of the molecule is Cc1c(C(=O)NCc2ccc(Cn3ccnc3)cc2)nnn1C1CCNCC1. The van der Waals surface area contributed by atoms with Gasteiger partial charge in [0.2, 0.25) is 0 Å². The van der Waals surface area contributed by atoms with E-state index in [4.69, 9.17) is 0 Å². The number of piperidine rings is 1. The summed E-state index contributed by atoms with van der Waals surface area (Å²) < 4.78 is 3.92. The lowest BCUT2D eigenvalue weighted by molar-refractivity contribution is 0.0945. The number of hydrogen-bond acceptors (Lipinski definition) is 5. The van der Waals surface area contributed by atoms with Gasteiger partial charge in [0.1, 0.15) is 0 Å². The van der Waals surface area contributed by atoms with E-state index in [0.717, 1.165) is 43.7 Å². The van der Waals surface area contributed by atoms with E-state index in [1.165, 1.54) is 5.56 Å². The summed E-state index contributed by atoms with van der Waals surface area (Å²) in [5, 5.41) is 14.7. The number of nitrogens with one attached hydrogen (secondary N) is 2. The average Bonchev–Trinajstić information content (AvgIpc) is 3.37. The minimum atomic E-state index is -0.180. The molecule has 8 nitrogen and oxygen atoms in total. The van der Waals surface area contributed by atoms with Crippen LogP contribution < -0.4 is 10.6 Å². The average molecular weight is 379 g/mol. The Morgan fingerprint density at radius 3 is 2.68 bits per heavy atom. The first-order valence-corrected chi connectivity index (χ1v) is 9.65. The van der Waals surface area contributed by atoms with Gasteiger partial charge < -0.3 is 15.2 Å². The minimum Gasteiger partial charge on any atom is -0.347 e. The van der Waals surface area contributed by atoms with E-state index in [9.17, 15) is 4.79 Å². The maximum atomic E-state index is 12.6. The number of carbonyl (C=O) groups is 1. The molecule has 4 rings (SSSR count). The summed E-state index contributed by atoms with van der Waals surface area (Å²) in [6.07, 6.45) is 7.53. The summed E-state index contributed by atoms with van der Waals surface area (Å²) in [7, 11) is 0. The third kappa shape index (κ3) is 4.12. The first-order chi connectivity index (χ1) is 13.7. The highest BCUT2D eigenvalue weighted by molar-refractivity contribution is 5.93. The summed E-state index contributed by atoms with van der Waals surface area (Å²) in [6.45, 7) is 5.11. The molecule has 8 heteroatoms. The monoisotopic (exact) mass is 379 g/mol. The van der Waals surface area contributed by atoms with Crippen LogP contribution in [0.1, 0.15) is 46.2 Å². The van der Waals surface area contributed by atoms with Crippen molar-refractivity contribution in [1.82, 2.24) is 35.2 Å². The minimum absolute atomic E-state index is 0.180. The molecular weight excluding hydrogens is 354 g/mol. The number of hydrogen-bond donors (Lipinski definition) is 2. The number of nitrogens with zero attached hydrogens (tertiary/aromatic N) is 5. The highest BCUT2D eigenvalue weighted by Crippen LogP contribution is 2.20. The zero-order valence-electron chi connectivity index (χ0n) is 16.0. The van der Waals surface area contributed by atoms with E-state index in [-0.39, 0.29) is 5.91 Å². The second-order valence-electron chi connectivity index (χ2n) is 7.18. The molecule has 3 heterocycles. The molecule has 3 aromatic rings. The zero-order chi connectivity index (χ0) is 19.3. The second-order valence-corrected chi connectivity index (χ2v) is 7.18. The van der Waals surface area contributed by atoms with E-state index >= 15 is 0 Å². The Bertz CT molecular complexity index is 909. The van der Waals surface area contributed by atoms with Crippen LogP contribution in [0.2, 0.25) is 0 Å². The number of aromatic nitrogens is 5. The molecule has 1 fully saturated rings. The van der Waals surface area contributed by atoms with E-state index < -0.39 is 0 Å². The topological polar surface area (TPSA) is 89.7 Å². The van der Waals surface area contributed by atoms with Crippen LogP contribution in [-0.2, 0) is 13.1 Å². The van der Waals surface area contributed by atoms with Gasteiger partial charge in [-0.25, -0.2) is 9.67 Å². The quantitative estimate of drug-likeness (QED) is 0.680. The van der Waals surface area contributed by atoms with Crippen LogP contribution in [0.5, 0.6) is 0 Å². The molecule has 1 amide bonds. The maximum Gasteiger partial charge on any atom is 0.274 e. The third-order valence-corrected chi connectivity index (χ3v) is 5.20. The fourth-order valence-corrected chi connectivity index (χ4v) is 3.57. The fraction of sp³-hybridized carbons (Fsp3) is 0.400. The summed E-state index contributed by atoms with van der Waals surface area (Å²) >= 11 is 0. The zero-order valence-corrected chi connectivity index (χ0v) is 16.0. The molecule has 2 aromatic heterocycles. The molecule has 1 aromatic carbocycles. The first kappa shape index (κ1) is 18.4. The highest BCUT2D eigenvalue weighted by atomic mass is 16.2. The molecule has 1 saturated heterocycles. The Hall–Kier alpha value is -3.00. The van der Waals surface area contributed by atoms with Crippen molar-refractivity contribution < 1.29 is 4.79 Å². The molecule has 2 N–H and O–H groups in total. The van der Waals surface area contributed by atoms with E-state index in [2.05, 4.69) is 38.1 Å². The Labute approximate surface area is 164 Å². The van der Waals surface area contributed by atoms with Crippen molar-refractivity contribution >= 4 is 5.91 Å². The van der Waals surface area contributed by atoms with Crippen LogP contribution in [0.15, 0.2) is 43.0 Å². The van der Waals surface area contributed by atoms with E-state index in [1.54, 1.807) is 12.5 Å². The maximum absolute atomic E-state index is 12.6. The van der Waals surface area contributed by atoms with Gasteiger partial charge in [0.15, 0.2) is 5.69 Å². The molecule has 0 atom stereocenters. The predicted molar refractivity (Wildman–Crippen MR) is 105 cm³/mol. The molecule has 0 radical (unpaired) electrons. The van der Waals surface area contributed by atoms with Crippen molar-refractivity contribution in [3.8, 4) is 0 Å². The summed E-state index contributed by atoms with van der Waals surface area (Å²) in [6, 6.07) is 8.52. The number of amides is 1. The predicted octanol–water partition coefficient (Wildman–Crippen LogP) is 1.69. The van der Waals surface area contributed by atoms with Gasteiger partial charge in [-0.05, 0) is 44.0 Å². The number of rotatable bonds is 6. The van der Waals surface area contributed by atoms with Gasteiger partial charge in [0.25, 0.3) is 5.91 Å². The molecule has 28 heavy (non-hydrogen) atoms. The molecule has 0 spiro atoms. The summed E-state index contributed by atoms with van der Waals surface area (Å²) in [5.41, 5.74) is 3.48. The normalized spacial score (nSPS) is 14.9. The van der Waals surface area contributed by atoms with E-state index in [1.807, 2.05) is 34.5 Å². The van der Waals surface area contributed by atoms with Crippen LogP contribution >= 0.6 is 0 Å². The summed E-state index contributed by atoms with van der Waals surface area (Å²) in [4.78, 5) is 16.6. The molecule has 0 aliphatic carbocycles. The van der Waals surface area contributed by atoms with Crippen molar-refractivity contribution in [3.05, 3.63) is 65.5 Å². The van der Waals surface area contributed by atoms with Crippen LogP contribution in [0.25, 0.3) is 0 Å². The molecular formula is C20H25N7O.